The van der Waals surface area contributed by atoms with E-state index in [-0.39, 0.29) is 0 Å². The van der Waals surface area contributed by atoms with Crippen LogP contribution in [0, 0.1) is 12.3 Å². The molecular formula is C11H14N2S2. The minimum atomic E-state index is 0.588. The van der Waals surface area contributed by atoms with Gasteiger partial charge in [-0.3, -0.25) is 4.99 Å². The average molecular weight is 238 g/mol. The number of rotatable bonds is 4. The fourth-order valence-corrected chi connectivity index (χ4v) is 2.13. The van der Waals surface area contributed by atoms with Gasteiger partial charge >= 0.3 is 0 Å². The molecule has 0 atom stereocenters. The smallest absolute Gasteiger partial charge is 0.0472 e. The van der Waals surface area contributed by atoms with Crippen molar-refractivity contribution in [1.82, 2.24) is 0 Å². The topological polar surface area (TPSA) is 36.2 Å². The number of aryl methyl sites for hydroxylation is 1. The zero-order valence-corrected chi connectivity index (χ0v) is 10.5. The second-order valence-electron chi connectivity index (χ2n) is 3.15. The molecule has 0 bridgehead atoms. The van der Waals surface area contributed by atoms with Crippen molar-refractivity contribution >= 4 is 34.4 Å². The summed E-state index contributed by atoms with van der Waals surface area (Å²) in [6.07, 6.45) is 1.97. The first-order valence-electron chi connectivity index (χ1n) is 4.60. The SMILES string of the molecule is CN=C(CC=N)c1ccc(SS)cc1C. The lowest BCUT2D eigenvalue weighted by molar-refractivity contribution is 1.30. The molecule has 0 aliphatic rings. The molecule has 0 radical (unpaired) electrons. The molecule has 2 nitrogen and oxygen atoms in total. The lowest BCUT2D eigenvalue weighted by atomic mass is 10.0. The molecule has 0 spiro atoms. The second kappa shape index (κ2) is 5.98. The molecule has 0 saturated carbocycles. The van der Waals surface area contributed by atoms with Crippen molar-refractivity contribution < 1.29 is 0 Å². The summed E-state index contributed by atoms with van der Waals surface area (Å²) in [5, 5.41) is 7.11. The van der Waals surface area contributed by atoms with Crippen LogP contribution in [0.4, 0.5) is 0 Å². The summed E-state index contributed by atoms with van der Waals surface area (Å²) in [7, 11) is 3.20. The van der Waals surface area contributed by atoms with E-state index in [1.54, 1.807) is 7.05 Å². The molecule has 0 aromatic heterocycles. The molecule has 0 saturated heterocycles. The highest BCUT2D eigenvalue weighted by molar-refractivity contribution is 8.68. The zero-order chi connectivity index (χ0) is 11.3. The van der Waals surface area contributed by atoms with Gasteiger partial charge in [0.05, 0.1) is 0 Å². The Kier molecular flexibility index (Phi) is 4.91. The molecule has 80 valence electrons. The van der Waals surface area contributed by atoms with Crippen molar-refractivity contribution in [1.29, 1.82) is 5.41 Å². The molecule has 0 unspecified atom stereocenters. The van der Waals surface area contributed by atoms with Crippen molar-refractivity contribution in [3.05, 3.63) is 29.3 Å². The van der Waals surface area contributed by atoms with Gasteiger partial charge in [0.2, 0.25) is 0 Å². The van der Waals surface area contributed by atoms with Crippen molar-refractivity contribution in [3.63, 3.8) is 0 Å². The minimum Gasteiger partial charge on any atom is -0.313 e. The summed E-state index contributed by atoms with van der Waals surface area (Å²) in [5.41, 5.74) is 3.25. The normalized spacial score (nSPS) is 11.5. The Morgan fingerprint density at radius 3 is 2.80 bits per heavy atom. The first-order chi connectivity index (χ1) is 7.22. The number of thiol groups is 1. The fraction of sp³-hybridized carbons (Fsp3) is 0.273. The molecule has 0 aliphatic carbocycles. The van der Waals surface area contributed by atoms with E-state index >= 15 is 0 Å². The highest BCUT2D eigenvalue weighted by atomic mass is 33.1. The number of hydrogen-bond donors (Lipinski definition) is 2. The van der Waals surface area contributed by atoms with Crippen molar-refractivity contribution in [2.45, 2.75) is 18.2 Å². The third-order valence-electron chi connectivity index (χ3n) is 2.18. The summed E-state index contributed by atoms with van der Waals surface area (Å²) < 4.78 is 0. The molecular weight excluding hydrogens is 224 g/mol. The van der Waals surface area contributed by atoms with E-state index in [9.17, 15) is 0 Å². The van der Waals surface area contributed by atoms with Crippen LogP contribution in [0.25, 0.3) is 0 Å². The summed E-state index contributed by atoms with van der Waals surface area (Å²) >= 11 is 4.16. The predicted molar refractivity (Wildman–Crippen MR) is 71.9 cm³/mol. The third kappa shape index (κ3) is 3.11. The zero-order valence-electron chi connectivity index (χ0n) is 8.82. The van der Waals surface area contributed by atoms with Crippen LogP contribution in [0.2, 0.25) is 0 Å². The highest BCUT2D eigenvalue weighted by Gasteiger charge is 2.05. The van der Waals surface area contributed by atoms with Crippen LogP contribution in [-0.4, -0.2) is 19.0 Å². The predicted octanol–water partition coefficient (Wildman–Crippen LogP) is 3.39. The molecule has 0 fully saturated rings. The highest BCUT2D eigenvalue weighted by Crippen LogP contribution is 2.24. The summed E-state index contributed by atoms with van der Waals surface area (Å²) in [5.74, 6) is 0. The number of benzene rings is 1. The maximum absolute atomic E-state index is 7.11. The quantitative estimate of drug-likeness (QED) is 0.471. The first kappa shape index (κ1) is 12.3. The summed E-state index contributed by atoms with van der Waals surface area (Å²) in [6.45, 7) is 2.05. The van der Waals surface area contributed by atoms with Crippen LogP contribution in [0.5, 0.6) is 0 Å². The molecule has 4 heteroatoms. The fourth-order valence-electron chi connectivity index (χ4n) is 1.44. The van der Waals surface area contributed by atoms with E-state index in [0.717, 1.165) is 16.2 Å². The van der Waals surface area contributed by atoms with Crippen LogP contribution in [0.1, 0.15) is 17.5 Å². The van der Waals surface area contributed by atoms with E-state index < -0.39 is 0 Å². The van der Waals surface area contributed by atoms with Crippen LogP contribution >= 0.6 is 22.5 Å². The lowest BCUT2D eigenvalue weighted by Gasteiger charge is -2.08. The molecule has 0 amide bonds. The van der Waals surface area contributed by atoms with Gasteiger partial charge in [0.25, 0.3) is 0 Å². The number of hydrogen-bond acceptors (Lipinski definition) is 4. The molecule has 1 rings (SSSR count). The van der Waals surface area contributed by atoms with Crippen molar-refractivity contribution in [3.8, 4) is 0 Å². The Hall–Kier alpha value is -0.740. The Bertz CT molecular complexity index is 386. The number of nitrogens with zero attached hydrogens (tertiary/aromatic N) is 1. The van der Waals surface area contributed by atoms with Gasteiger partial charge in [0.1, 0.15) is 0 Å². The third-order valence-corrected chi connectivity index (χ3v) is 3.28. The molecule has 0 heterocycles. The van der Waals surface area contributed by atoms with Gasteiger partial charge in [0, 0.05) is 30.3 Å². The van der Waals surface area contributed by atoms with Crippen LogP contribution in [0.15, 0.2) is 28.1 Å². The minimum absolute atomic E-state index is 0.588. The van der Waals surface area contributed by atoms with E-state index in [4.69, 9.17) is 5.41 Å². The van der Waals surface area contributed by atoms with E-state index in [1.807, 2.05) is 12.1 Å². The van der Waals surface area contributed by atoms with Gasteiger partial charge in [-0.2, -0.15) is 0 Å². The van der Waals surface area contributed by atoms with E-state index in [1.165, 1.54) is 22.6 Å². The number of nitrogens with one attached hydrogen (secondary N) is 1. The first-order valence-corrected chi connectivity index (χ1v) is 6.46. The Morgan fingerprint density at radius 2 is 2.33 bits per heavy atom. The Morgan fingerprint density at radius 1 is 1.60 bits per heavy atom. The van der Waals surface area contributed by atoms with Crippen molar-refractivity contribution in [2.75, 3.05) is 7.05 Å². The maximum atomic E-state index is 7.11. The van der Waals surface area contributed by atoms with Gasteiger partial charge in [0.15, 0.2) is 0 Å². The van der Waals surface area contributed by atoms with Gasteiger partial charge in [-0.25, -0.2) is 0 Å². The van der Waals surface area contributed by atoms with E-state index in [2.05, 4.69) is 29.6 Å². The van der Waals surface area contributed by atoms with Gasteiger partial charge in [-0.15, -0.1) is 11.7 Å². The molecule has 1 aromatic carbocycles. The molecule has 1 aromatic rings. The van der Waals surface area contributed by atoms with Gasteiger partial charge in [-0.05, 0) is 30.2 Å². The van der Waals surface area contributed by atoms with E-state index in [0.29, 0.717) is 6.42 Å². The maximum Gasteiger partial charge on any atom is 0.0472 e. The second-order valence-corrected chi connectivity index (χ2v) is 4.35. The van der Waals surface area contributed by atoms with Gasteiger partial charge in [-0.1, -0.05) is 16.9 Å². The molecule has 0 aliphatic heterocycles. The number of aliphatic imine (C=N–C) groups is 1. The van der Waals surface area contributed by atoms with Crippen molar-refractivity contribution in [2.24, 2.45) is 4.99 Å². The largest absolute Gasteiger partial charge is 0.313 e. The average Bonchev–Trinajstić information content (AvgIpc) is 2.26. The monoisotopic (exact) mass is 238 g/mol. The Labute approximate surface area is 99.5 Å². The van der Waals surface area contributed by atoms with Crippen LogP contribution in [-0.2, 0) is 0 Å². The lowest BCUT2D eigenvalue weighted by Crippen LogP contribution is -2.03. The standard InChI is InChI=1S/C11H14N2S2/c1-8-7-9(15-14)3-4-10(8)11(13-2)5-6-12/h3-4,6-7,12,14H,5H2,1-2H3. The Balaban J connectivity index is 3.09. The van der Waals surface area contributed by atoms with Gasteiger partial charge < -0.3 is 5.41 Å². The summed E-state index contributed by atoms with van der Waals surface area (Å²) in [4.78, 5) is 5.33. The molecule has 15 heavy (non-hydrogen) atoms. The summed E-state index contributed by atoms with van der Waals surface area (Å²) in [6, 6.07) is 6.15. The van der Waals surface area contributed by atoms with Crippen LogP contribution < -0.4 is 0 Å². The molecule has 1 N–H and O–H groups in total. The van der Waals surface area contributed by atoms with Crippen LogP contribution in [0.3, 0.4) is 0 Å².